The van der Waals surface area contributed by atoms with Gasteiger partial charge in [-0.3, -0.25) is 5.10 Å². The molecule has 0 fully saturated rings. The Morgan fingerprint density at radius 3 is 2.42 bits per heavy atom. The van der Waals surface area contributed by atoms with Gasteiger partial charge in [-0.2, -0.15) is 5.10 Å². The van der Waals surface area contributed by atoms with Crippen LogP contribution in [-0.2, 0) is 0 Å². The van der Waals surface area contributed by atoms with E-state index in [4.69, 9.17) is 9.84 Å². The van der Waals surface area contributed by atoms with Gasteiger partial charge in [0.25, 0.3) is 0 Å². The van der Waals surface area contributed by atoms with Crippen molar-refractivity contribution in [3.05, 3.63) is 35.5 Å². The van der Waals surface area contributed by atoms with E-state index in [-0.39, 0.29) is 5.69 Å². The third kappa shape index (κ3) is 4.85. The van der Waals surface area contributed by atoms with Crippen molar-refractivity contribution >= 4 is 5.97 Å². The lowest BCUT2D eigenvalue weighted by molar-refractivity contribution is 0.0689. The van der Waals surface area contributed by atoms with E-state index in [2.05, 4.69) is 17.1 Å². The van der Waals surface area contributed by atoms with Crippen LogP contribution in [-0.4, -0.2) is 27.9 Å². The smallest absolute Gasteiger partial charge is 0.354 e. The van der Waals surface area contributed by atoms with Crippen LogP contribution in [0.2, 0.25) is 0 Å². The van der Waals surface area contributed by atoms with Crippen molar-refractivity contribution in [1.29, 1.82) is 0 Å². The lowest BCUT2D eigenvalue weighted by atomic mass is 10.1. The van der Waals surface area contributed by atoms with E-state index in [1.54, 1.807) is 6.92 Å². The predicted octanol–water partition coefficient (Wildman–Crippen LogP) is 4.82. The number of hydrogen-bond acceptors (Lipinski definition) is 3. The summed E-state index contributed by atoms with van der Waals surface area (Å²) in [4.78, 5) is 11.1. The molecule has 0 amide bonds. The van der Waals surface area contributed by atoms with E-state index in [1.807, 2.05) is 24.3 Å². The van der Waals surface area contributed by atoms with E-state index in [9.17, 15) is 4.79 Å². The molecule has 0 saturated heterocycles. The molecular weight excluding hydrogens is 304 g/mol. The van der Waals surface area contributed by atoms with E-state index in [0.29, 0.717) is 11.3 Å². The number of aromatic amines is 1. The molecule has 1 aromatic heterocycles. The largest absolute Gasteiger partial charge is 0.494 e. The number of ether oxygens (including phenoxy) is 1. The highest BCUT2D eigenvalue weighted by molar-refractivity contribution is 5.89. The summed E-state index contributed by atoms with van der Waals surface area (Å²) in [5, 5.41) is 15.7. The number of aromatic carboxylic acids is 1. The molecule has 0 aliphatic rings. The zero-order chi connectivity index (χ0) is 17.4. The molecule has 0 aliphatic carbocycles. The van der Waals surface area contributed by atoms with E-state index < -0.39 is 5.97 Å². The Hall–Kier alpha value is -2.30. The molecule has 0 bridgehead atoms. The zero-order valence-electron chi connectivity index (χ0n) is 14.5. The second kappa shape index (κ2) is 9.11. The monoisotopic (exact) mass is 330 g/mol. The minimum absolute atomic E-state index is 0.133. The van der Waals surface area contributed by atoms with Crippen LogP contribution in [0.5, 0.6) is 5.75 Å². The van der Waals surface area contributed by atoms with Crippen LogP contribution in [0.4, 0.5) is 0 Å². The highest BCUT2D eigenvalue weighted by atomic mass is 16.5. The fourth-order valence-corrected chi connectivity index (χ4v) is 2.67. The van der Waals surface area contributed by atoms with Crippen LogP contribution in [0.15, 0.2) is 24.3 Å². The molecule has 0 saturated carbocycles. The topological polar surface area (TPSA) is 75.2 Å². The number of hydrogen-bond donors (Lipinski definition) is 2. The van der Waals surface area contributed by atoms with Crippen LogP contribution < -0.4 is 4.74 Å². The Labute approximate surface area is 143 Å². The number of aromatic nitrogens is 2. The molecule has 0 aliphatic heterocycles. The molecule has 1 aromatic carbocycles. The maximum absolute atomic E-state index is 11.1. The first kappa shape index (κ1) is 18.0. The van der Waals surface area contributed by atoms with Crippen molar-refractivity contribution in [1.82, 2.24) is 10.2 Å². The van der Waals surface area contributed by atoms with Gasteiger partial charge in [0, 0.05) is 11.1 Å². The summed E-state index contributed by atoms with van der Waals surface area (Å²) in [6.45, 7) is 4.71. The van der Waals surface area contributed by atoms with Crippen LogP contribution in [0.1, 0.15) is 61.5 Å². The number of carbonyl (C=O) groups is 1. The second-order valence-electron chi connectivity index (χ2n) is 6.02. The molecule has 2 rings (SSSR count). The zero-order valence-corrected chi connectivity index (χ0v) is 14.5. The Morgan fingerprint density at radius 1 is 1.12 bits per heavy atom. The summed E-state index contributed by atoms with van der Waals surface area (Å²) in [5.41, 5.74) is 2.31. The summed E-state index contributed by atoms with van der Waals surface area (Å²) >= 11 is 0. The van der Waals surface area contributed by atoms with Gasteiger partial charge in [0.15, 0.2) is 0 Å². The molecule has 0 unspecified atom stereocenters. The number of nitrogens with one attached hydrogen (secondary N) is 1. The van der Waals surface area contributed by atoms with Crippen molar-refractivity contribution in [3.63, 3.8) is 0 Å². The molecule has 24 heavy (non-hydrogen) atoms. The molecule has 2 aromatic rings. The molecule has 0 spiro atoms. The molecule has 5 heteroatoms. The van der Waals surface area contributed by atoms with Gasteiger partial charge in [-0.1, -0.05) is 39.0 Å². The van der Waals surface area contributed by atoms with Gasteiger partial charge in [-0.05, 0) is 37.6 Å². The lowest BCUT2D eigenvalue weighted by Gasteiger charge is -2.07. The van der Waals surface area contributed by atoms with Gasteiger partial charge in [-0.25, -0.2) is 4.79 Å². The van der Waals surface area contributed by atoms with Gasteiger partial charge in [0.1, 0.15) is 11.4 Å². The van der Waals surface area contributed by atoms with Crippen LogP contribution in [0, 0.1) is 6.92 Å². The molecule has 0 atom stereocenters. The summed E-state index contributed by atoms with van der Waals surface area (Å²) in [6.07, 6.45) is 7.46. The maximum atomic E-state index is 11.1. The Bertz CT molecular complexity index is 647. The minimum Gasteiger partial charge on any atom is -0.494 e. The van der Waals surface area contributed by atoms with Gasteiger partial charge < -0.3 is 9.84 Å². The first-order valence-corrected chi connectivity index (χ1v) is 8.65. The molecular formula is C19H26N2O3. The van der Waals surface area contributed by atoms with Gasteiger partial charge in [-0.15, -0.1) is 0 Å². The summed E-state index contributed by atoms with van der Waals surface area (Å²) in [5.74, 6) is -0.163. The first-order valence-electron chi connectivity index (χ1n) is 8.65. The number of carboxylic acids is 1. The van der Waals surface area contributed by atoms with Crippen molar-refractivity contribution in [3.8, 4) is 17.0 Å². The van der Waals surface area contributed by atoms with E-state index in [0.717, 1.165) is 24.3 Å². The van der Waals surface area contributed by atoms with Crippen LogP contribution in [0.3, 0.4) is 0 Å². The van der Waals surface area contributed by atoms with Crippen LogP contribution in [0.25, 0.3) is 11.3 Å². The standard InChI is InChI=1S/C19H26N2O3/c1-3-4-5-6-7-8-13-24-16-11-9-15(10-12-16)17-14(2)18(19(22)23)21-20-17/h9-12H,3-8,13H2,1-2H3,(H,20,21)(H,22,23). The van der Waals surface area contributed by atoms with Crippen molar-refractivity contribution < 1.29 is 14.6 Å². The number of H-pyrrole nitrogens is 1. The number of nitrogens with zero attached hydrogens (tertiary/aromatic N) is 1. The molecule has 130 valence electrons. The summed E-state index contributed by atoms with van der Waals surface area (Å²) < 4.78 is 5.75. The van der Waals surface area contributed by atoms with E-state index in [1.165, 1.54) is 32.1 Å². The average molecular weight is 330 g/mol. The SMILES string of the molecule is CCCCCCCCOc1ccc(-c2n[nH]c(C(=O)O)c2C)cc1. The van der Waals surface area contributed by atoms with E-state index >= 15 is 0 Å². The first-order chi connectivity index (χ1) is 11.6. The fraction of sp³-hybridized carbons (Fsp3) is 0.474. The maximum Gasteiger partial charge on any atom is 0.354 e. The Morgan fingerprint density at radius 2 is 1.79 bits per heavy atom. The van der Waals surface area contributed by atoms with Gasteiger partial charge in [0.2, 0.25) is 0 Å². The molecule has 0 radical (unpaired) electrons. The Kier molecular flexibility index (Phi) is 6.85. The summed E-state index contributed by atoms with van der Waals surface area (Å²) in [7, 11) is 0. The normalized spacial score (nSPS) is 10.8. The second-order valence-corrected chi connectivity index (χ2v) is 6.02. The number of unbranched alkanes of at least 4 members (excludes halogenated alkanes) is 5. The summed E-state index contributed by atoms with van der Waals surface area (Å²) in [6, 6.07) is 7.62. The molecule has 1 heterocycles. The van der Waals surface area contributed by atoms with Crippen molar-refractivity contribution in [2.24, 2.45) is 0 Å². The lowest BCUT2D eigenvalue weighted by Crippen LogP contribution is -1.98. The number of carboxylic acid groups (broad SMARTS) is 1. The highest BCUT2D eigenvalue weighted by Gasteiger charge is 2.15. The third-order valence-electron chi connectivity index (χ3n) is 4.12. The molecule has 2 N–H and O–H groups in total. The van der Waals surface area contributed by atoms with Gasteiger partial charge in [0.05, 0.1) is 12.3 Å². The van der Waals surface area contributed by atoms with Crippen LogP contribution >= 0.6 is 0 Å². The third-order valence-corrected chi connectivity index (χ3v) is 4.12. The minimum atomic E-state index is -0.995. The fourth-order valence-electron chi connectivity index (χ4n) is 2.67. The molecule has 5 nitrogen and oxygen atoms in total. The predicted molar refractivity (Wildman–Crippen MR) is 94.6 cm³/mol. The van der Waals surface area contributed by atoms with Gasteiger partial charge >= 0.3 is 5.97 Å². The number of benzene rings is 1. The van der Waals surface area contributed by atoms with Crippen molar-refractivity contribution in [2.75, 3.05) is 6.61 Å². The van der Waals surface area contributed by atoms with Crippen molar-refractivity contribution in [2.45, 2.75) is 52.4 Å². The quantitative estimate of drug-likeness (QED) is 0.612. The highest BCUT2D eigenvalue weighted by Crippen LogP contribution is 2.25. The Balaban J connectivity index is 1.84. The average Bonchev–Trinajstić information content (AvgIpc) is 2.96. The number of rotatable bonds is 10.